The second-order valence-corrected chi connectivity index (χ2v) is 4.32. The summed E-state index contributed by atoms with van der Waals surface area (Å²) in [5.41, 5.74) is 1.13. The summed E-state index contributed by atoms with van der Waals surface area (Å²) < 4.78 is 0. The number of H-pyrrole nitrogens is 1. The van der Waals surface area contributed by atoms with Gasteiger partial charge in [0.2, 0.25) is 0 Å². The van der Waals surface area contributed by atoms with Crippen LogP contribution in [0, 0.1) is 0 Å². The van der Waals surface area contributed by atoms with Gasteiger partial charge in [-0.2, -0.15) is 0 Å². The number of nitrogens with one attached hydrogen (secondary N) is 1. The van der Waals surface area contributed by atoms with Crippen molar-refractivity contribution in [3.8, 4) is 11.1 Å². The maximum Gasteiger partial charge on any atom is 0.255 e. The third-order valence-corrected chi connectivity index (χ3v) is 3.01. The van der Waals surface area contributed by atoms with Crippen molar-refractivity contribution in [2.45, 2.75) is 6.61 Å². The molecule has 17 heavy (non-hydrogen) atoms. The molecular formula is C12H9Cl2NO2. The van der Waals surface area contributed by atoms with Crippen molar-refractivity contribution in [3.05, 3.63) is 56.4 Å². The molecule has 0 aliphatic rings. The van der Waals surface area contributed by atoms with Gasteiger partial charge in [-0.15, -0.1) is 0 Å². The van der Waals surface area contributed by atoms with Crippen molar-refractivity contribution in [2.75, 3.05) is 0 Å². The lowest BCUT2D eigenvalue weighted by molar-refractivity contribution is 0.281. The van der Waals surface area contributed by atoms with Gasteiger partial charge in [0.1, 0.15) is 0 Å². The standard InChI is InChI=1S/C12H9Cl2NO2/c13-9-2-1-3-10(14)11(9)8-4-7(6-16)5-15-12(8)17/h1-5,16H,6H2,(H,15,17). The molecule has 88 valence electrons. The van der Waals surface area contributed by atoms with E-state index in [1.807, 2.05) is 0 Å². The maximum absolute atomic E-state index is 11.7. The summed E-state index contributed by atoms with van der Waals surface area (Å²) in [5, 5.41) is 9.85. The van der Waals surface area contributed by atoms with E-state index in [2.05, 4.69) is 4.98 Å². The molecule has 1 aromatic carbocycles. The average molecular weight is 270 g/mol. The molecule has 2 N–H and O–H groups in total. The van der Waals surface area contributed by atoms with Crippen LogP contribution in [-0.2, 0) is 6.61 Å². The van der Waals surface area contributed by atoms with Crippen LogP contribution in [-0.4, -0.2) is 10.1 Å². The largest absolute Gasteiger partial charge is 0.392 e. The SMILES string of the molecule is O=c1[nH]cc(CO)cc1-c1c(Cl)cccc1Cl. The van der Waals surface area contributed by atoms with Gasteiger partial charge in [-0.25, -0.2) is 0 Å². The Balaban J connectivity index is 2.72. The van der Waals surface area contributed by atoms with Crippen molar-refractivity contribution in [1.29, 1.82) is 0 Å². The highest BCUT2D eigenvalue weighted by atomic mass is 35.5. The van der Waals surface area contributed by atoms with Gasteiger partial charge in [0, 0.05) is 11.8 Å². The van der Waals surface area contributed by atoms with Crippen molar-refractivity contribution in [3.63, 3.8) is 0 Å². The lowest BCUT2D eigenvalue weighted by atomic mass is 10.1. The monoisotopic (exact) mass is 269 g/mol. The summed E-state index contributed by atoms with van der Waals surface area (Å²) >= 11 is 12.1. The minimum absolute atomic E-state index is 0.161. The molecule has 0 bridgehead atoms. The number of aromatic amines is 1. The van der Waals surface area contributed by atoms with Crippen molar-refractivity contribution >= 4 is 23.2 Å². The Kier molecular flexibility index (Phi) is 3.52. The number of aliphatic hydroxyl groups is 1. The van der Waals surface area contributed by atoms with Gasteiger partial charge >= 0.3 is 0 Å². The third-order valence-electron chi connectivity index (χ3n) is 2.38. The van der Waals surface area contributed by atoms with E-state index in [1.54, 1.807) is 24.3 Å². The highest BCUT2D eigenvalue weighted by molar-refractivity contribution is 6.39. The Labute approximate surface area is 108 Å². The van der Waals surface area contributed by atoms with Crippen LogP contribution in [0.15, 0.2) is 35.3 Å². The molecule has 0 unspecified atom stereocenters. The Morgan fingerprint density at radius 1 is 1.24 bits per heavy atom. The molecule has 0 fully saturated rings. The third kappa shape index (κ3) is 2.36. The molecule has 2 rings (SSSR count). The van der Waals surface area contributed by atoms with Gasteiger partial charge in [0.25, 0.3) is 5.56 Å². The second-order valence-electron chi connectivity index (χ2n) is 3.51. The lowest BCUT2D eigenvalue weighted by Gasteiger charge is -2.07. The molecule has 0 saturated heterocycles. The Bertz CT molecular complexity index is 587. The van der Waals surface area contributed by atoms with E-state index >= 15 is 0 Å². The fraction of sp³-hybridized carbons (Fsp3) is 0.0833. The fourth-order valence-electron chi connectivity index (χ4n) is 1.56. The highest BCUT2D eigenvalue weighted by Gasteiger charge is 2.12. The molecule has 0 spiro atoms. The first kappa shape index (κ1) is 12.2. The molecular weight excluding hydrogens is 261 g/mol. The topological polar surface area (TPSA) is 53.1 Å². The summed E-state index contributed by atoms with van der Waals surface area (Å²) in [6, 6.07) is 6.60. The number of hydrogen-bond acceptors (Lipinski definition) is 2. The summed E-state index contributed by atoms with van der Waals surface area (Å²) in [6.07, 6.45) is 1.45. The summed E-state index contributed by atoms with van der Waals surface area (Å²) in [7, 11) is 0. The van der Waals surface area contributed by atoms with Gasteiger partial charge in [0.15, 0.2) is 0 Å². The van der Waals surface area contributed by atoms with Gasteiger partial charge in [-0.3, -0.25) is 4.79 Å². The number of pyridine rings is 1. The first-order chi connectivity index (χ1) is 8.13. The molecule has 5 heteroatoms. The summed E-state index contributed by atoms with van der Waals surface area (Å²) in [6.45, 7) is -0.161. The summed E-state index contributed by atoms with van der Waals surface area (Å²) in [4.78, 5) is 14.3. The molecule has 0 amide bonds. The molecule has 0 radical (unpaired) electrons. The van der Waals surface area contributed by atoms with E-state index in [1.165, 1.54) is 6.20 Å². The van der Waals surface area contributed by atoms with E-state index in [0.29, 0.717) is 26.7 Å². The quantitative estimate of drug-likeness (QED) is 0.881. The zero-order chi connectivity index (χ0) is 12.4. The highest BCUT2D eigenvalue weighted by Crippen LogP contribution is 2.32. The van der Waals surface area contributed by atoms with E-state index in [-0.39, 0.29) is 12.2 Å². The molecule has 0 saturated carbocycles. The molecule has 3 nitrogen and oxygen atoms in total. The minimum atomic E-state index is -0.294. The van der Waals surface area contributed by atoms with E-state index in [9.17, 15) is 4.79 Å². The lowest BCUT2D eigenvalue weighted by Crippen LogP contribution is -2.09. The molecule has 1 heterocycles. The minimum Gasteiger partial charge on any atom is -0.392 e. The normalized spacial score (nSPS) is 10.5. The van der Waals surface area contributed by atoms with Crippen LogP contribution in [0.1, 0.15) is 5.56 Å². The molecule has 0 aliphatic heterocycles. The van der Waals surface area contributed by atoms with E-state index < -0.39 is 0 Å². The Hall–Kier alpha value is -1.29. The van der Waals surface area contributed by atoms with Crippen molar-refractivity contribution in [2.24, 2.45) is 0 Å². The van der Waals surface area contributed by atoms with Gasteiger partial charge in [-0.1, -0.05) is 29.3 Å². The van der Waals surface area contributed by atoms with Crippen LogP contribution in [0.3, 0.4) is 0 Å². The van der Waals surface area contributed by atoms with Crippen molar-refractivity contribution in [1.82, 2.24) is 4.98 Å². The molecule has 2 aromatic rings. The van der Waals surface area contributed by atoms with Crippen LogP contribution in [0.4, 0.5) is 0 Å². The zero-order valence-corrected chi connectivity index (χ0v) is 10.2. The molecule has 0 atom stereocenters. The fourth-order valence-corrected chi connectivity index (χ4v) is 2.16. The average Bonchev–Trinajstić information content (AvgIpc) is 2.31. The van der Waals surface area contributed by atoms with Gasteiger partial charge in [-0.05, 0) is 23.8 Å². The molecule has 0 aliphatic carbocycles. The van der Waals surface area contributed by atoms with Crippen molar-refractivity contribution < 1.29 is 5.11 Å². The predicted molar refractivity (Wildman–Crippen MR) is 68.4 cm³/mol. The number of rotatable bonds is 2. The Morgan fingerprint density at radius 2 is 1.88 bits per heavy atom. The number of aromatic nitrogens is 1. The van der Waals surface area contributed by atoms with Crippen LogP contribution in [0.25, 0.3) is 11.1 Å². The smallest absolute Gasteiger partial charge is 0.255 e. The van der Waals surface area contributed by atoms with Crippen LogP contribution in [0.5, 0.6) is 0 Å². The first-order valence-electron chi connectivity index (χ1n) is 4.90. The first-order valence-corrected chi connectivity index (χ1v) is 5.66. The molecule has 1 aromatic heterocycles. The maximum atomic E-state index is 11.7. The summed E-state index contributed by atoms with van der Waals surface area (Å²) in [5.74, 6) is 0. The second kappa shape index (κ2) is 4.92. The predicted octanol–water partition coefficient (Wildman–Crippen LogP) is 2.84. The van der Waals surface area contributed by atoms with E-state index in [0.717, 1.165) is 0 Å². The van der Waals surface area contributed by atoms with E-state index in [4.69, 9.17) is 28.3 Å². The Morgan fingerprint density at radius 3 is 2.47 bits per heavy atom. The number of aliphatic hydroxyl groups excluding tert-OH is 1. The number of benzene rings is 1. The van der Waals surface area contributed by atoms with Crippen LogP contribution >= 0.6 is 23.2 Å². The zero-order valence-electron chi connectivity index (χ0n) is 8.71. The van der Waals surface area contributed by atoms with Crippen LogP contribution in [0.2, 0.25) is 10.0 Å². The van der Waals surface area contributed by atoms with Crippen LogP contribution < -0.4 is 5.56 Å². The number of halogens is 2. The van der Waals surface area contributed by atoms with Gasteiger partial charge < -0.3 is 10.1 Å². The van der Waals surface area contributed by atoms with Gasteiger partial charge in [0.05, 0.1) is 22.2 Å². The number of hydrogen-bond donors (Lipinski definition) is 2.